The van der Waals surface area contributed by atoms with Crippen LogP contribution in [0.25, 0.3) is 0 Å². The van der Waals surface area contributed by atoms with Crippen molar-refractivity contribution in [2.45, 2.75) is 39.8 Å². The molecule has 1 aromatic carbocycles. The van der Waals surface area contributed by atoms with Crippen molar-refractivity contribution < 1.29 is 4.79 Å². The first kappa shape index (κ1) is 19.2. The third-order valence-corrected chi connectivity index (χ3v) is 3.75. The summed E-state index contributed by atoms with van der Waals surface area (Å²) < 4.78 is 0. The van der Waals surface area contributed by atoms with Gasteiger partial charge in [-0.05, 0) is 24.5 Å². The minimum atomic E-state index is -0.219. The van der Waals surface area contributed by atoms with Gasteiger partial charge in [-0.2, -0.15) is 0 Å². The Morgan fingerprint density at radius 2 is 1.75 bits per heavy atom. The molecular weight excluding hydrogens is 295 g/mol. The molecule has 3 nitrogen and oxygen atoms in total. The third kappa shape index (κ3) is 4.97. The Labute approximate surface area is 132 Å². The number of hydrogen-bond donors (Lipinski definition) is 2. The van der Waals surface area contributed by atoms with Gasteiger partial charge in [0.05, 0.1) is 6.04 Å². The predicted molar refractivity (Wildman–Crippen MR) is 87.2 cm³/mol. The highest BCUT2D eigenvalue weighted by atomic mass is 35.5. The van der Waals surface area contributed by atoms with Gasteiger partial charge in [0.2, 0.25) is 5.91 Å². The lowest BCUT2D eigenvalue weighted by molar-refractivity contribution is -0.126. The number of halogens is 2. The van der Waals surface area contributed by atoms with Crippen LogP contribution in [0.5, 0.6) is 0 Å². The van der Waals surface area contributed by atoms with Crippen LogP contribution in [-0.4, -0.2) is 11.9 Å². The van der Waals surface area contributed by atoms with E-state index in [1.807, 2.05) is 38.1 Å². The van der Waals surface area contributed by atoms with Crippen molar-refractivity contribution in [1.29, 1.82) is 0 Å². The molecule has 0 heterocycles. The van der Waals surface area contributed by atoms with E-state index >= 15 is 0 Å². The zero-order valence-electron chi connectivity index (χ0n) is 12.4. The summed E-state index contributed by atoms with van der Waals surface area (Å²) in [5, 5.41) is 3.73. The van der Waals surface area contributed by atoms with E-state index < -0.39 is 0 Å². The first-order valence-corrected chi connectivity index (χ1v) is 7.02. The van der Waals surface area contributed by atoms with Crippen LogP contribution in [0.2, 0.25) is 5.02 Å². The van der Waals surface area contributed by atoms with Crippen molar-refractivity contribution in [2.24, 2.45) is 17.6 Å². The van der Waals surface area contributed by atoms with Crippen LogP contribution in [0.4, 0.5) is 0 Å². The van der Waals surface area contributed by atoms with E-state index in [4.69, 9.17) is 17.3 Å². The van der Waals surface area contributed by atoms with E-state index in [2.05, 4.69) is 19.2 Å². The normalized spacial score (nSPS) is 15.2. The number of nitrogens with two attached hydrogens (primary N) is 1. The van der Waals surface area contributed by atoms with E-state index in [0.717, 1.165) is 5.56 Å². The standard InChI is InChI=1S/C15H23ClN2O.ClH/c1-9(2)14(12-7-5-6-8-13(12)16)18-15(19)10(3)11(4)17;/h5-11,14H,17H2,1-4H3,(H,18,19);1H. The molecule has 20 heavy (non-hydrogen) atoms. The molecule has 5 heteroatoms. The molecular formula is C15H24Cl2N2O. The van der Waals surface area contributed by atoms with E-state index in [0.29, 0.717) is 5.02 Å². The maximum absolute atomic E-state index is 12.1. The number of rotatable bonds is 5. The summed E-state index contributed by atoms with van der Waals surface area (Å²) in [5.41, 5.74) is 6.72. The molecule has 0 saturated heterocycles. The molecule has 3 N–H and O–H groups in total. The van der Waals surface area contributed by atoms with E-state index in [9.17, 15) is 4.79 Å². The lowest BCUT2D eigenvalue weighted by Crippen LogP contribution is -2.41. The number of carbonyl (C=O) groups excluding carboxylic acids is 1. The molecule has 0 aliphatic carbocycles. The van der Waals surface area contributed by atoms with Crippen LogP contribution in [0, 0.1) is 11.8 Å². The fourth-order valence-corrected chi connectivity index (χ4v) is 2.11. The Kier molecular flexibility index (Phi) is 8.17. The average Bonchev–Trinajstić information content (AvgIpc) is 2.35. The lowest BCUT2D eigenvalue weighted by Gasteiger charge is -2.26. The average molecular weight is 319 g/mol. The first-order chi connectivity index (χ1) is 8.84. The van der Waals surface area contributed by atoms with Gasteiger partial charge in [0.25, 0.3) is 0 Å². The molecule has 1 rings (SSSR count). The number of hydrogen-bond acceptors (Lipinski definition) is 2. The molecule has 3 unspecified atom stereocenters. The molecule has 114 valence electrons. The minimum absolute atomic E-state index is 0. The summed E-state index contributed by atoms with van der Waals surface area (Å²) in [6, 6.07) is 7.34. The Morgan fingerprint density at radius 3 is 2.20 bits per heavy atom. The molecule has 3 atom stereocenters. The van der Waals surface area contributed by atoms with Gasteiger partial charge in [0.1, 0.15) is 0 Å². The van der Waals surface area contributed by atoms with Gasteiger partial charge < -0.3 is 11.1 Å². The van der Waals surface area contributed by atoms with Gasteiger partial charge >= 0.3 is 0 Å². The number of nitrogens with one attached hydrogen (secondary N) is 1. The molecule has 0 aliphatic rings. The van der Waals surface area contributed by atoms with Crippen LogP contribution < -0.4 is 11.1 Å². The minimum Gasteiger partial charge on any atom is -0.349 e. The van der Waals surface area contributed by atoms with Crippen molar-refractivity contribution in [1.82, 2.24) is 5.32 Å². The van der Waals surface area contributed by atoms with Gasteiger partial charge in [-0.15, -0.1) is 12.4 Å². The summed E-state index contributed by atoms with van der Waals surface area (Å²) in [6.45, 7) is 7.80. The molecule has 1 aromatic rings. The predicted octanol–water partition coefficient (Wildman–Crippen LogP) is 3.56. The van der Waals surface area contributed by atoms with Crippen LogP contribution in [0.3, 0.4) is 0 Å². The summed E-state index contributed by atoms with van der Waals surface area (Å²) >= 11 is 6.21. The van der Waals surface area contributed by atoms with Crippen molar-refractivity contribution >= 4 is 29.9 Å². The summed E-state index contributed by atoms with van der Waals surface area (Å²) in [5.74, 6) is 0.00138. The quantitative estimate of drug-likeness (QED) is 0.872. The van der Waals surface area contributed by atoms with Crippen molar-refractivity contribution in [3.05, 3.63) is 34.9 Å². The van der Waals surface area contributed by atoms with Crippen LogP contribution in [0.15, 0.2) is 24.3 Å². The van der Waals surface area contributed by atoms with Gasteiger partial charge in [-0.25, -0.2) is 0 Å². The fraction of sp³-hybridized carbons (Fsp3) is 0.533. The van der Waals surface area contributed by atoms with Crippen LogP contribution in [-0.2, 0) is 4.79 Å². The third-order valence-electron chi connectivity index (χ3n) is 3.41. The van der Waals surface area contributed by atoms with Crippen molar-refractivity contribution in [3.8, 4) is 0 Å². The Morgan fingerprint density at radius 1 is 1.20 bits per heavy atom. The Balaban J connectivity index is 0.00000361. The topological polar surface area (TPSA) is 55.1 Å². The number of benzene rings is 1. The summed E-state index contributed by atoms with van der Waals surface area (Å²) in [6.07, 6.45) is 0. The molecule has 0 bridgehead atoms. The zero-order chi connectivity index (χ0) is 14.6. The highest BCUT2D eigenvalue weighted by Crippen LogP contribution is 2.28. The summed E-state index contributed by atoms with van der Waals surface area (Å²) in [7, 11) is 0. The number of carbonyl (C=O) groups is 1. The Hall–Kier alpha value is -0.770. The van der Waals surface area contributed by atoms with Crippen molar-refractivity contribution in [2.75, 3.05) is 0 Å². The van der Waals surface area contributed by atoms with E-state index in [1.54, 1.807) is 0 Å². The molecule has 0 aromatic heterocycles. The smallest absolute Gasteiger partial charge is 0.224 e. The van der Waals surface area contributed by atoms with Gasteiger partial charge in [-0.3, -0.25) is 4.79 Å². The zero-order valence-corrected chi connectivity index (χ0v) is 14.0. The number of amides is 1. The maximum atomic E-state index is 12.1. The molecule has 0 aliphatic heterocycles. The van der Waals surface area contributed by atoms with E-state index in [-0.39, 0.29) is 42.2 Å². The second kappa shape index (κ2) is 8.50. The summed E-state index contributed by atoms with van der Waals surface area (Å²) in [4.78, 5) is 12.1. The van der Waals surface area contributed by atoms with Crippen molar-refractivity contribution in [3.63, 3.8) is 0 Å². The first-order valence-electron chi connectivity index (χ1n) is 6.65. The molecule has 0 spiro atoms. The molecule has 0 radical (unpaired) electrons. The van der Waals surface area contributed by atoms with E-state index in [1.165, 1.54) is 0 Å². The lowest BCUT2D eigenvalue weighted by atomic mass is 9.94. The highest BCUT2D eigenvalue weighted by Gasteiger charge is 2.24. The van der Waals surface area contributed by atoms with Gasteiger partial charge in [-0.1, -0.05) is 50.6 Å². The molecule has 0 saturated carbocycles. The molecule has 0 fully saturated rings. The monoisotopic (exact) mass is 318 g/mol. The second-order valence-corrected chi connectivity index (χ2v) is 5.81. The maximum Gasteiger partial charge on any atom is 0.224 e. The van der Waals surface area contributed by atoms with Gasteiger partial charge in [0, 0.05) is 17.0 Å². The molecule has 1 amide bonds. The largest absolute Gasteiger partial charge is 0.349 e. The second-order valence-electron chi connectivity index (χ2n) is 5.40. The van der Waals surface area contributed by atoms with Gasteiger partial charge in [0.15, 0.2) is 0 Å². The Bertz CT molecular complexity index is 436. The SMILES string of the molecule is CC(C)C(NC(=O)C(C)C(C)N)c1ccccc1Cl.Cl. The van der Waals surface area contributed by atoms with Crippen LogP contribution in [0.1, 0.15) is 39.3 Å². The van der Waals surface area contributed by atoms with Crippen LogP contribution >= 0.6 is 24.0 Å². The highest BCUT2D eigenvalue weighted by molar-refractivity contribution is 6.31. The fourth-order valence-electron chi connectivity index (χ4n) is 1.85.